The number of rotatable bonds is 3. The molecule has 5 nitrogen and oxygen atoms in total. The largest absolute Gasteiger partial charge is 0.325 e. The maximum atomic E-state index is 12.7. The number of fused-ring (bicyclic) bond motifs is 3. The van der Waals surface area contributed by atoms with Gasteiger partial charge in [0.05, 0.1) is 22.3 Å². The van der Waals surface area contributed by atoms with Crippen LogP contribution in [-0.2, 0) is 10.2 Å². The summed E-state index contributed by atoms with van der Waals surface area (Å²) < 4.78 is 0. The first-order chi connectivity index (χ1) is 14.3. The van der Waals surface area contributed by atoms with Crippen LogP contribution in [0.3, 0.4) is 0 Å². The summed E-state index contributed by atoms with van der Waals surface area (Å²) in [5, 5.41) is 11.7. The van der Waals surface area contributed by atoms with Gasteiger partial charge in [-0.15, -0.1) is 0 Å². The van der Waals surface area contributed by atoms with Crippen LogP contribution < -0.4 is 5.32 Å². The number of hydrogen-bond acceptors (Lipinski definition) is 3. The topological polar surface area (TPSA) is 70.7 Å². The third-order valence-electron chi connectivity index (χ3n) is 6.14. The number of benzene rings is 2. The average Bonchev–Trinajstić information content (AvgIpc) is 3.29. The molecule has 0 bridgehead atoms. The number of nitrogens with one attached hydrogen (secondary N) is 2. The first-order valence-corrected chi connectivity index (χ1v) is 9.74. The monoisotopic (exact) mass is 378 g/mol. The van der Waals surface area contributed by atoms with E-state index in [1.807, 2.05) is 48.6 Å². The highest BCUT2D eigenvalue weighted by molar-refractivity contribution is 6.09. The van der Waals surface area contributed by atoms with Crippen molar-refractivity contribution >= 4 is 34.6 Å². The molecule has 2 aromatic carbocycles. The molecule has 1 amide bonds. The summed E-state index contributed by atoms with van der Waals surface area (Å²) in [5.74, 6) is 0.318. The number of carbonyl (C=O) groups is 1. The molecule has 1 spiro atoms. The van der Waals surface area contributed by atoms with Crippen molar-refractivity contribution in [1.29, 1.82) is 0 Å². The molecule has 2 aliphatic rings. The maximum absolute atomic E-state index is 12.7. The highest BCUT2D eigenvalue weighted by atomic mass is 16.2. The Labute approximate surface area is 167 Å². The molecule has 1 unspecified atom stereocenters. The summed E-state index contributed by atoms with van der Waals surface area (Å²) in [4.78, 5) is 17.0. The van der Waals surface area contributed by atoms with Crippen LogP contribution in [0, 0.1) is 0 Å². The number of para-hydroxylation sites is 1. The van der Waals surface area contributed by atoms with E-state index >= 15 is 0 Å². The van der Waals surface area contributed by atoms with Crippen molar-refractivity contribution in [2.24, 2.45) is 0 Å². The summed E-state index contributed by atoms with van der Waals surface area (Å²) in [6.45, 7) is 0. The first-order valence-electron chi connectivity index (χ1n) is 9.74. The Morgan fingerprint density at radius 2 is 1.93 bits per heavy atom. The van der Waals surface area contributed by atoms with Gasteiger partial charge in [0.25, 0.3) is 0 Å². The second-order valence-electron chi connectivity index (χ2n) is 7.73. The van der Waals surface area contributed by atoms with Crippen molar-refractivity contribution in [3.8, 4) is 0 Å². The van der Waals surface area contributed by atoms with Crippen LogP contribution in [0.4, 0.5) is 5.69 Å². The van der Waals surface area contributed by atoms with Crippen LogP contribution in [0.1, 0.15) is 34.9 Å². The number of anilines is 1. The van der Waals surface area contributed by atoms with E-state index in [2.05, 4.69) is 44.8 Å². The van der Waals surface area contributed by atoms with Crippen LogP contribution in [0.25, 0.3) is 23.1 Å². The van der Waals surface area contributed by atoms with Gasteiger partial charge in [-0.1, -0.05) is 36.4 Å². The molecule has 1 saturated carbocycles. The molecular weight excluding hydrogens is 360 g/mol. The molecule has 1 aliphatic heterocycles. The molecule has 2 N–H and O–H groups in total. The Morgan fingerprint density at radius 1 is 1.03 bits per heavy atom. The normalized spacial score (nSPS) is 22.3. The van der Waals surface area contributed by atoms with Gasteiger partial charge in [-0.3, -0.25) is 14.9 Å². The van der Waals surface area contributed by atoms with E-state index in [4.69, 9.17) is 0 Å². The smallest absolute Gasteiger partial charge is 0.235 e. The van der Waals surface area contributed by atoms with Crippen LogP contribution in [0.5, 0.6) is 0 Å². The van der Waals surface area contributed by atoms with Gasteiger partial charge in [0.2, 0.25) is 5.91 Å². The SMILES string of the molecule is O=C1Nc2ccccc2[C@]12CC2c1ccc2c(C=Cc3ccccn3)n[nH]c2c1. The van der Waals surface area contributed by atoms with E-state index in [1.54, 1.807) is 6.20 Å². The first kappa shape index (κ1) is 16.2. The highest BCUT2D eigenvalue weighted by Crippen LogP contribution is 2.64. The highest BCUT2D eigenvalue weighted by Gasteiger charge is 2.65. The zero-order valence-electron chi connectivity index (χ0n) is 15.6. The molecule has 6 rings (SSSR count). The molecule has 0 saturated heterocycles. The van der Waals surface area contributed by atoms with E-state index in [1.165, 1.54) is 5.56 Å². The lowest BCUT2D eigenvalue weighted by Crippen LogP contribution is -2.20. The van der Waals surface area contributed by atoms with Gasteiger partial charge >= 0.3 is 0 Å². The Morgan fingerprint density at radius 3 is 2.83 bits per heavy atom. The predicted molar refractivity (Wildman–Crippen MR) is 113 cm³/mol. The van der Waals surface area contributed by atoms with Gasteiger partial charge in [-0.05, 0) is 54.0 Å². The summed E-state index contributed by atoms with van der Waals surface area (Å²) in [6, 6.07) is 20.2. The Kier molecular flexibility index (Phi) is 3.29. The summed E-state index contributed by atoms with van der Waals surface area (Å²) >= 11 is 0. The van der Waals surface area contributed by atoms with E-state index in [0.717, 1.165) is 40.0 Å². The second-order valence-corrected chi connectivity index (χ2v) is 7.73. The van der Waals surface area contributed by atoms with Gasteiger partial charge in [-0.25, -0.2) is 0 Å². The van der Waals surface area contributed by atoms with Crippen LogP contribution >= 0.6 is 0 Å². The zero-order valence-corrected chi connectivity index (χ0v) is 15.6. The van der Waals surface area contributed by atoms with E-state index < -0.39 is 5.41 Å². The molecule has 29 heavy (non-hydrogen) atoms. The number of carbonyl (C=O) groups excluding carboxylic acids is 1. The number of aromatic nitrogens is 3. The molecule has 0 radical (unpaired) electrons. The quantitative estimate of drug-likeness (QED) is 0.551. The van der Waals surface area contributed by atoms with Crippen molar-refractivity contribution in [3.05, 3.63) is 89.4 Å². The van der Waals surface area contributed by atoms with Gasteiger partial charge < -0.3 is 5.32 Å². The molecule has 1 fully saturated rings. The fourth-order valence-corrected chi connectivity index (χ4v) is 4.59. The van der Waals surface area contributed by atoms with Crippen LogP contribution in [-0.4, -0.2) is 21.1 Å². The molecule has 140 valence electrons. The summed E-state index contributed by atoms with van der Waals surface area (Å²) in [7, 11) is 0. The van der Waals surface area contributed by atoms with Crippen molar-refractivity contribution in [1.82, 2.24) is 15.2 Å². The zero-order chi connectivity index (χ0) is 19.4. The Bertz CT molecular complexity index is 1290. The van der Waals surface area contributed by atoms with Crippen LogP contribution in [0.15, 0.2) is 66.9 Å². The molecule has 2 aromatic heterocycles. The lowest BCUT2D eigenvalue weighted by atomic mass is 9.92. The third-order valence-corrected chi connectivity index (χ3v) is 6.14. The maximum Gasteiger partial charge on any atom is 0.235 e. The van der Waals surface area contributed by atoms with E-state index in [-0.39, 0.29) is 11.8 Å². The van der Waals surface area contributed by atoms with Crippen molar-refractivity contribution in [3.63, 3.8) is 0 Å². The number of amides is 1. The fourth-order valence-electron chi connectivity index (χ4n) is 4.59. The number of pyridine rings is 1. The van der Waals surface area contributed by atoms with Crippen molar-refractivity contribution in [2.75, 3.05) is 5.32 Å². The van der Waals surface area contributed by atoms with Crippen molar-refractivity contribution < 1.29 is 4.79 Å². The van der Waals surface area contributed by atoms with E-state index in [9.17, 15) is 4.79 Å². The van der Waals surface area contributed by atoms with Gasteiger partial charge in [0.15, 0.2) is 0 Å². The van der Waals surface area contributed by atoms with E-state index in [0.29, 0.717) is 0 Å². The lowest BCUT2D eigenvalue weighted by Gasteiger charge is -2.08. The Hall–Kier alpha value is -3.73. The summed E-state index contributed by atoms with van der Waals surface area (Å²) in [5.41, 5.74) is 5.60. The van der Waals surface area contributed by atoms with Gasteiger partial charge in [-0.2, -0.15) is 5.10 Å². The van der Waals surface area contributed by atoms with Crippen LogP contribution in [0.2, 0.25) is 0 Å². The molecule has 3 heterocycles. The van der Waals surface area contributed by atoms with Crippen molar-refractivity contribution in [2.45, 2.75) is 17.8 Å². The number of nitrogens with zero attached hydrogens (tertiary/aromatic N) is 2. The molecule has 4 aromatic rings. The minimum Gasteiger partial charge on any atom is -0.325 e. The molecule has 5 heteroatoms. The number of H-pyrrole nitrogens is 1. The fraction of sp³-hybridized carbons (Fsp3) is 0.125. The molecule has 2 atom stereocenters. The summed E-state index contributed by atoms with van der Waals surface area (Å²) in [6.07, 6.45) is 6.55. The predicted octanol–water partition coefficient (Wildman–Crippen LogP) is 4.51. The van der Waals surface area contributed by atoms with Gasteiger partial charge in [0, 0.05) is 23.2 Å². The molecule has 1 aliphatic carbocycles. The average molecular weight is 378 g/mol. The van der Waals surface area contributed by atoms with Gasteiger partial charge in [0.1, 0.15) is 0 Å². The number of aromatic amines is 1. The minimum atomic E-state index is -0.411. The lowest BCUT2D eigenvalue weighted by molar-refractivity contribution is -0.118. The second kappa shape index (κ2) is 5.88. The third kappa shape index (κ3) is 2.37. The minimum absolute atomic E-state index is 0.118. The molecular formula is C24H18N4O. The number of hydrogen-bond donors (Lipinski definition) is 2. The Balaban J connectivity index is 1.33. The standard InChI is InChI=1S/C24H18N4O/c29-23-24(18-6-1-2-7-21(18)26-23)14-19(24)15-8-10-17-20(27-28-22(17)13-15)11-9-16-5-3-4-12-25-16/h1-13,19H,14H2,(H,26,29)(H,27,28)/t19?,24-/m0/s1.